The summed E-state index contributed by atoms with van der Waals surface area (Å²) in [6.07, 6.45) is 1.11. The lowest BCUT2D eigenvalue weighted by molar-refractivity contribution is 0.585. The molecule has 0 aliphatic rings. The van der Waals surface area contributed by atoms with Crippen molar-refractivity contribution in [1.29, 1.82) is 0 Å². The van der Waals surface area contributed by atoms with E-state index in [9.17, 15) is 4.39 Å². The number of rotatable bonds is 7. The van der Waals surface area contributed by atoms with Gasteiger partial charge in [-0.05, 0) is 26.0 Å². The number of benzene rings is 1. The normalized spacial score (nSPS) is 12.4. The summed E-state index contributed by atoms with van der Waals surface area (Å²) in [5, 5.41) is 6.31. The van der Waals surface area contributed by atoms with Crippen LogP contribution in [-0.2, 0) is 6.54 Å². The van der Waals surface area contributed by atoms with Gasteiger partial charge in [0.15, 0.2) is 5.13 Å². The lowest BCUT2D eigenvalue weighted by atomic mass is 10.1. The third kappa shape index (κ3) is 4.02. The van der Waals surface area contributed by atoms with Gasteiger partial charge in [-0.25, -0.2) is 9.37 Å². The molecule has 1 aromatic carbocycles. The lowest BCUT2D eigenvalue weighted by Crippen LogP contribution is -2.22. The van der Waals surface area contributed by atoms with E-state index in [1.807, 2.05) is 31.0 Å². The average molecular weight is 307 g/mol. The Morgan fingerprint density at radius 3 is 2.86 bits per heavy atom. The predicted molar refractivity (Wildman–Crippen MR) is 87.3 cm³/mol. The van der Waals surface area contributed by atoms with Gasteiger partial charge < -0.3 is 10.2 Å². The van der Waals surface area contributed by atoms with Crippen molar-refractivity contribution in [2.75, 3.05) is 18.5 Å². The number of hydrogen-bond acceptors (Lipinski definition) is 4. The molecule has 0 saturated carbocycles. The largest absolute Gasteiger partial charge is 0.344 e. The third-order valence-corrected chi connectivity index (χ3v) is 4.49. The molecule has 0 radical (unpaired) electrons. The highest BCUT2D eigenvalue weighted by Gasteiger charge is 2.18. The molecule has 0 bridgehead atoms. The van der Waals surface area contributed by atoms with Gasteiger partial charge in [0, 0.05) is 24.5 Å². The van der Waals surface area contributed by atoms with Crippen molar-refractivity contribution in [3.63, 3.8) is 0 Å². The Morgan fingerprint density at radius 2 is 2.14 bits per heavy atom. The summed E-state index contributed by atoms with van der Waals surface area (Å²) in [4.78, 5) is 6.64. The van der Waals surface area contributed by atoms with Crippen LogP contribution in [0.25, 0.3) is 0 Å². The van der Waals surface area contributed by atoms with Gasteiger partial charge in [0.1, 0.15) is 5.82 Å². The standard InChI is InChI=1S/C16H22FN3S/c1-4-9-18-10-13-11-21-16(19-13)20(3)12(2)14-7-5-6-8-15(14)17/h5-8,11-12,18H,4,9-10H2,1-3H3. The number of nitrogens with one attached hydrogen (secondary N) is 1. The van der Waals surface area contributed by atoms with Gasteiger partial charge in [0.25, 0.3) is 0 Å². The van der Waals surface area contributed by atoms with E-state index in [2.05, 4.69) is 22.6 Å². The molecule has 0 aliphatic carbocycles. The molecule has 3 nitrogen and oxygen atoms in total. The molecular weight excluding hydrogens is 285 g/mol. The van der Waals surface area contributed by atoms with E-state index in [0.717, 1.165) is 30.3 Å². The zero-order valence-corrected chi connectivity index (χ0v) is 13.6. The van der Waals surface area contributed by atoms with Crippen LogP contribution in [0.1, 0.15) is 37.6 Å². The molecule has 2 rings (SSSR count). The Balaban J connectivity index is 2.06. The first-order valence-electron chi connectivity index (χ1n) is 7.25. The van der Waals surface area contributed by atoms with Gasteiger partial charge in [-0.3, -0.25) is 0 Å². The molecule has 2 aromatic rings. The molecule has 1 heterocycles. The molecule has 0 spiro atoms. The van der Waals surface area contributed by atoms with Crippen molar-refractivity contribution in [1.82, 2.24) is 10.3 Å². The third-order valence-electron chi connectivity index (χ3n) is 3.51. The van der Waals surface area contributed by atoms with Crippen LogP contribution in [0.2, 0.25) is 0 Å². The fraction of sp³-hybridized carbons (Fsp3) is 0.438. The van der Waals surface area contributed by atoms with Crippen molar-refractivity contribution in [3.05, 3.63) is 46.7 Å². The number of halogens is 1. The first-order chi connectivity index (χ1) is 10.1. The lowest BCUT2D eigenvalue weighted by Gasteiger charge is -2.25. The summed E-state index contributed by atoms with van der Waals surface area (Å²) < 4.78 is 13.9. The maximum absolute atomic E-state index is 13.9. The minimum Gasteiger partial charge on any atom is -0.344 e. The smallest absolute Gasteiger partial charge is 0.185 e. The Morgan fingerprint density at radius 1 is 1.38 bits per heavy atom. The molecule has 1 unspecified atom stereocenters. The Bertz CT molecular complexity index is 570. The van der Waals surface area contributed by atoms with Crippen LogP contribution in [0.15, 0.2) is 29.6 Å². The minimum atomic E-state index is -0.168. The van der Waals surface area contributed by atoms with Crippen molar-refractivity contribution < 1.29 is 4.39 Å². The molecule has 1 atom stereocenters. The number of hydrogen-bond donors (Lipinski definition) is 1. The van der Waals surface area contributed by atoms with Gasteiger partial charge in [-0.15, -0.1) is 11.3 Å². The fourth-order valence-electron chi connectivity index (χ4n) is 2.12. The van der Waals surface area contributed by atoms with E-state index in [1.165, 1.54) is 6.07 Å². The minimum absolute atomic E-state index is 0.0474. The first-order valence-corrected chi connectivity index (χ1v) is 8.13. The highest BCUT2D eigenvalue weighted by atomic mass is 32.1. The summed E-state index contributed by atoms with van der Waals surface area (Å²) >= 11 is 1.60. The summed E-state index contributed by atoms with van der Waals surface area (Å²) in [5.74, 6) is -0.168. The van der Waals surface area contributed by atoms with Crippen molar-refractivity contribution in [3.8, 4) is 0 Å². The molecular formula is C16H22FN3S. The maximum atomic E-state index is 13.9. The quantitative estimate of drug-likeness (QED) is 0.784. The van der Waals surface area contributed by atoms with Crippen LogP contribution in [0.5, 0.6) is 0 Å². The second-order valence-corrected chi connectivity index (χ2v) is 5.94. The Kier molecular flexibility index (Phi) is 5.70. The molecule has 5 heteroatoms. The first kappa shape index (κ1) is 15.9. The topological polar surface area (TPSA) is 28.2 Å². The van der Waals surface area contributed by atoms with Crippen LogP contribution in [0.4, 0.5) is 9.52 Å². The van der Waals surface area contributed by atoms with Crippen LogP contribution < -0.4 is 10.2 Å². The number of aromatic nitrogens is 1. The molecule has 114 valence electrons. The molecule has 1 aromatic heterocycles. The SMILES string of the molecule is CCCNCc1csc(N(C)C(C)c2ccccc2F)n1. The van der Waals surface area contributed by atoms with Gasteiger partial charge in [-0.2, -0.15) is 0 Å². The number of nitrogens with zero attached hydrogens (tertiary/aromatic N) is 2. The highest BCUT2D eigenvalue weighted by Crippen LogP contribution is 2.29. The second-order valence-electron chi connectivity index (χ2n) is 5.11. The van der Waals surface area contributed by atoms with Gasteiger partial charge >= 0.3 is 0 Å². The van der Waals surface area contributed by atoms with Crippen molar-refractivity contribution in [2.45, 2.75) is 32.9 Å². The van der Waals surface area contributed by atoms with Crippen molar-refractivity contribution in [2.24, 2.45) is 0 Å². The van der Waals surface area contributed by atoms with E-state index < -0.39 is 0 Å². The molecule has 0 saturated heterocycles. The summed E-state index contributed by atoms with van der Waals surface area (Å²) in [7, 11) is 1.96. The Hall–Kier alpha value is -1.46. The van der Waals surface area contributed by atoms with E-state index in [4.69, 9.17) is 0 Å². The zero-order valence-electron chi connectivity index (χ0n) is 12.8. The van der Waals surface area contributed by atoms with E-state index in [1.54, 1.807) is 17.4 Å². The predicted octanol–water partition coefficient (Wildman–Crippen LogP) is 3.98. The average Bonchev–Trinajstić information content (AvgIpc) is 2.95. The summed E-state index contributed by atoms with van der Waals surface area (Å²) in [5.41, 5.74) is 1.73. The van der Waals surface area contributed by atoms with Crippen molar-refractivity contribution >= 4 is 16.5 Å². The van der Waals surface area contributed by atoms with Gasteiger partial charge in [-0.1, -0.05) is 25.1 Å². The molecule has 0 aliphatic heterocycles. The summed E-state index contributed by atoms with van der Waals surface area (Å²) in [6, 6.07) is 6.86. The van der Waals surface area contributed by atoms with E-state index >= 15 is 0 Å². The molecule has 21 heavy (non-hydrogen) atoms. The maximum Gasteiger partial charge on any atom is 0.185 e. The van der Waals surface area contributed by atoms with E-state index in [-0.39, 0.29) is 11.9 Å². The van der Waals surface area contributed by atoms with Crippen LogP contribution in [0, 0.1) is 5.82 Å². The second kappa shape index (κ2) is 7.52. The van der Waals surface area contributed by atoms with Gasteiger partial charge in [0.2, 0.25) is 0 Å². The number of thiazole rings is 1. The zero-order chi connectivity index (χ0) is 15.2. The monoisotopic (exact) mass is 307 g/mol. The van der Waals surface area contributed by atoms with Crippen LogP contribution in [0.3, 0.4) is 0 Å². The summed E-state index contributed by atoms with van der Waals surface area (Å²) in [6.45, 7) is 5.92. The van der Waals surface area contributed by atoms with Crippen LogP contribution >= 0.6 is 11.3 Å². The Labute approximate surface area is 129 Å². The molecule has 1 N–H and O–H groups in total. The van der Waals surface area contributed by atoms with Gasteiger partial charge in [0.05, 0.1) is 11.7 Å². The fourth-order valence-corrected chi connectivity index (χ4v) is 2.99. The van der Waals surface area contributed by atoms with Crippen LogP contribution in [-0.4, -0.2) is 18.6 Å². The highest BCUT2D eigenvalue weighted by molar-refractivity contribution is 7.13. The molecule has 0 fully saturated rings. The van der Waals surface area contributed by atoms with E-state index in [0.29, 0.717) is 5.56 Å². The molecule has 0 amide bonds. The number of anilines is 1.